The number of pyridine rings is 1. The summed E-state index contributed by atoms with van der Waals surface area (Å²) in [4.78, 5) is 4.11. The molecule has 0 aliphatic heterocycles. The van der Waals surface area contributed by atoms with E-state index in [0.29, 0.717) is 22.9 Å². The standard InChI is InChI=1S/C11H15ClN4/c1-2-3-9(7-14)16-11-10(12)8(6-13)4-5-15-11/h4-5,9H,2-3,7,14H2,1H3,(H,15,16). The normalized spacial score (nSPS) is 11.9. The van der Waals surface area contributed by atoms with Crippen LogP contribution in [0.15, 0.2) is 12.3 Å². The van der Waals surface area contributed by atoms with Gasteiger partial charge < -0.3 is 11.1 Å². The van der Waals surface area contributed by atoms with Crippen LogP contribution in [0.5, 0.6) is 0 Å². The van der Waals surface area contributed by atoms with Crippen LogP contribution in [0, 0.1) is 11.3 Å². The number of nitriles is 1. The van der Waals surface area contributed by atoms with Crippen LogP contribution in [0.4, 0.5) is 5.82 Å². The van der Waals surface area contributed by atoms with Gasteiger partial charge in [0, 0.05) is 18.8 Å². The topological polar surface area (TPSA) is 74.7 Å². The summed E-state index contributed by atoms with van der Waals surface area (Å²) in [6.07, 6.45) is 3.54. The minimum atomic E-state index is 0.143. The molecule has 5 heteroatoms. The van der Waals surface area contributed by atoms with Crippen molar-refractivity contribution in [3.05, 3.63) is 22.8 Å². The maximum atomic E-state index is 8.82. The first kappa shape index (κ1) is 12.8. The minimum Gasteiger partial charge on any atom is -0.365 e. The molecule has 1 atom stereocenters. The van der Waals surface area contributed by atoms with E-state index in [-0.39, 0.29) is 6.04 Å². The lowest BCUT2D eigenvalue weighted by Gasteiger charge is -2.17. The number of anilines is 1. The monoisotopic (exact) mass is 238 g/mol. The van der Waals surface area contributed by atoms with Crippen molar-refractivity contribution in [1.29, 1.82) is 5.26 Å². The predicted octanol–water partition coefficient (Wildman–Crippen LogP) is 2.15. The first-order chi connectivity index (χ1) is 7.72. The molecule has 0 aromatic carbocycles. The van der Waals surface area contributed by atoms with Crippen LogP contribution in [0.2, 0.25) is 5.02 Å². The molecular weight excluding hydrogens is 224 g/mol. The molecule has 0 saturated carbocycles. The van der Waals surface area contributed by atoms with Crippen molar-refractivity contribution in [3.8, 4) is 6.07 Å². The summed E-state index contributed by atoms with van der Waals surface area (Å²) in [6, 6.07) is 3.75. The van der Waals surface area contributed by atoms with Crippen LogP contribution in [-0.4, -0.2) is 17.6 Å². The molecule has 0 aliphatic carbocycles. The fourth-order valence-electron chi connectivity index (χ4n) is 1.42. The van der Waals surface area contributed by atoms with E-state index in [1.165, 1.54) is 0 Å². The Kier molecular flexibility index (Phi) is 5.03. The van der Waals surface area contributed by atoms with E-state index in [1.807, 2.05) is 6.07 Å². The third-order valence-electron chi connectivity index (χ3n) is 2.27. The lowest BCUT2D eigenvalue weighted by molar-refractivity contribution is 0.646. The van der Waals surface area contributed by atoms with Crippen LogP contribution in [0.3, 0.4) is 0 Å². The lowest BCUT2D eigenvalue weighted by Crippen LogP contribution is -2.29. The van der Waals surface area contributed by atoms with Crippen molar-refractivity contribution in [2.24, 2.45) is 5.73 Å². The predicted molar refractivity (Wildman–Crippen MR) is 65.3 cm³/mol. The number of nitrogens with one attached hydrogen (secondary N) is 1. The fourth-order valence-corrected chi connectivity index (χ4v) is 1.63. The Bertz CT molecular complexity index is 386. The molecule has 0 aliphatic rings. The number of halogens is 1. The van der Waals surface area contributed by atoms with E-state index in [1.54, 1.807) is 12.3 Å². The summed E-state index contributed by atoms with van der Waals surface area (Å²) < 4.78 is 0. The molecule has 4 nitrogen and oxygen atoms in total. The fraction of sp³-hybridized carbons (Fsp3) is 0.455. The molecule has 1 aromatic rings. The average Bonchev–Trinajstić information content (AvgIpc) is 2.31. The SMILES string of the molecule is CCCC(CN)Nc1nccc(C#N)c1Cl. The molecule has 0 fully saturated rings. The van der Waals surface area contributed by atoms with E-state index in [2.05, 4.69) is 17.2 Å². The number of nitrogens with two attached hydrogens (primary N) is 1. The Morgan fingerprint density at radius 3 is 3.00 bits per heavy atom. The Balaban J connectivity index is 2.84. The number of hydrogen-bond donors (Lipinski definition) is 2. The Morgan fingerprint density at radius 2 is 2.44 bits per heavy atom. The molecule has 0 amide bonds. The van der Waals surface area contributed by atoms with Gasteiger partial charge in [0.25, 0.3) is 0 Å². The maximum Gasteiger partial charge on any atom is 0.146 e. The summed E-state index contributed by atoms with van der Waals surface area (Å²) in [5.41, 5.74) is 6.05. The largest absolute Gasteiger partial charge is 0.365 e. The summed E-state index contributed by atoms with van der Waals surface area (Å²) in [5, 5.41) is 12.3. The van der Waals surface area contributed by atoms with Crippen LogP contribution in [-0.2, 0) is 0 Å². The lowest BCUT2D eigenvalue weighted by atomic mass is 10.1. The van der Waals surface area contributed by atoms with Crippen molar-refractivity contribution in [3.63, 3.8) is 0 Å². The van der Waals surface area contributed by atoms with Crippen molar-refractivity contribution in [2.75, 3.05) is 11.9 Å². The molecular formula is C11H15ClN4. The van der Waals surface area contributed by atoms with Gasteiger partial charge in [0.15, 0.2) is 0 Å². The molecule has 0 saturated heterocycles. The van der Waals surface area contributed by atoms with Gasteiger partial charge in [0.05, 0.1) is 5.56 Å². The number of hydrogen-bond acceptors (Lipinski definition) is 4. The van der Waals surface area contributed by atoms with Crippen molar-refractivity contribution in [1.82, 2.24) is 4.98 Å². The average molecular weight is 239 g/mol. The van der Waals surface area contributed by atoms with Crippen LogP contribution in [0.25, 0.3) is 0 Å². The second-order valence-corrected chi connectivity index (χ2v) is 3.88. The van der Waals surface area contributed by atoms with Gasteiger partial charge in [-0.15, -0.1) is 0 Å². The molecule has 86 valence electrons. The third kappa shape index (κ3) is 3.09. The smallest absolute Gasteiger partial charge is 0.146 e. The summed E-state index contributed by atoms with van der Waals surface area (Å²) in [7, 11) is 0. The van der Waals surface area contributed by atoms with Gasteiger partial charge in [-0.2, -0.15) is 5.26 Å². The van der Waals surface area contributed by atoms with Crippen molar-refractivity contribution >= 4 is 17.4 Å². The van der Waals surface area contributed by atoms with Crippen molar-refractivity contribution in [2.45, 2.75) is 25.8 Å². The second kappa shape index (κ2) is 6.31. The third-order valence-corrected chi connectivity index (χ3v) is 2.65. The highest BCUT2D eigenvalue weighted by Crippen LogP contribution is 2.23. The van der Waals surface area contributed by atoms with Gasteiger partial charge in [-0.1, -0.05) is 24.9 Å². The number of nitrogens with zero attached hydrogens (tertiary/aromatic N) is 2. The van der Waals surface area contributed by atoms with E-state index in [4.69, 9.17) is 22.6 Å². The molecule has 0 bridgehead atoms. The Morgan fingerprint density at radius 1 is 1.69 bits per heavy atom. The summed E-state index contributed by atoms with van der Waals surface area (Å²) in [5.74, 6) is 0.532. The van der Waals surface area contributed by atoms with Crippen LogP contribution in [0.1, 0.15) is 25.3 Å². The molecule has 0 spiro atoms. The molecule has 1 rings (SSSR count). The van der Waals surface area contributed by atoms with E-state index in [0.717, 1.165) is 12.8 Å². The highest BCUT2D eigenvalue weighted by Gasteiger charge is 2.11. The molecule has 1 unspecified atom stereocenters. The van der Waals surface area contributed by atoms with E-state index < -0.39 is 0 Å². The summed E-state index contributed by atoms with van der Waals surface area (Å²) in [6.45, 7) is 2.60. The van der Waals surface area contributed by atoms with Gasteiger partial charge >= 0.3 is 0 Å². The van der Waals surface area contributed by atoms with Gasteiger partial charge in [0.1, 0.15) is 16.9 Å². The van der Waals surface area contributed by atoms with Gasteiger partial charge in [0.2, 0.25) is 0 Å². The number of rotatable bonds is 5. The van der Waals surface area contributed by atoms with E-state index in [9.17, 15) is 0 Å². The Hall–Kier alpha value is -1.31. The van der Waals surface area contributed by atoms with Crippen LogP contribution < -0.4 is 11.1 Å². The zero-order valence-corrected chi connectivity index (χ0v) is 9.96. The number of aromatic nitrogens is 1. The molecule has 1 aromatic heterocycles. The molecule has 1 heterocycles. The van der Waals surface area contributed by atoms with Gasteiger partial charge in [-0.25, -0.2) is 4.98 Å². The first-order valence-corrected chi connectivity index (χ1v) is 5.61. The quantitative estimate of drug-likeness (QED) is 0.824. The zero-order chi connectivity index (χ0) is 12.0. The second-order valence-electron chi connectivity index (χ2n) is 3.50. The van der Waals surface area contributed by atoms with Crippen LogP contribution >= 0.6 is 11.6 Å². The molecule has 16 heavy (non-hydrogen) atoms. The highest BCUT2D eigenvalue weighted by atomic mass is 35.5. The molecule has 0 radical (unpaired) electrons. The Labute approximate surface area is 100 Å². The first-order valence-electron chi connectivity index (χ1n) is 5.24. The van der Waals surface area contributed by atoms with E-state index >= 15 is 0 Å². The highest BCUT2D eigenvalue weighted by molar-refractivity contribution is 6.34. The van der Waals surface area contributed by atoms with Gasteiger partial charge in [-0.05, 0) is 12.5 Å². The zero-order valence-electron chi connectivity index (χ0n) is 9.20. The molecule has 3 N–H and O–H groups in total. The van der Waals surface area contributed by atoms with Gasteiger partial charge in [-0.3, -0.25) is 0 Å². The summed E-state index contributed by atoms with van der Waals surface area (Å²) >= 11 is 6.02. The minimum absolute atomic E-state index is 0.143. The van der Waals surface area contributed by atoms with Crippen molar-refractivity contribution < 1.29 is 0 Å². The maximum absolute atomic E-state index is 8.82.